The smallest absolute Gasteiger partial charge is 0.123 e. The van der Waals surface area contributed by atoms with Crippen LogP contribution in [0.5, 0.6) is 0 Å². The van der Waals surface area contributed by atoms with Crippen molar-refractivity contribution in [2.75, 3.05) is 0 Å². The Morgan fingerprint density at radius 1 is 1.55 bits per heavy atom. The van der Waals surface area contributed by atoms with Crippen LogP contribution in [-0.2, 0) is 0 Å². The summed E-state index contributed by atoms with van der Waals surface area (Å²) in [5.41, 5.74) is 6.82. The lowest BCUT2D eigenvalue weighted by molar-refractivity contribution is 0.830. The Kier molecular flexibility index (Phi) is 1.39. The number of allylic oxidation sites excluding steroid dienone is 5. The van der Waals surface area contributed by atoms with Gasteiger partial charge < -0.3 is 5.73 Å². The van der Waals surface area contributed by atoms with Gasteiger partial charge in [0.05, 0.1) is 0 Å². The molecular weight excluding hydrogens is 136 g/mol. The summed E-state index contributed by atoms with van der Waals surface area (Å²) >= 11 is 0. The lowest BCUT2D eigenvalue weighted by atomic mass is 9.91. The molecule has 11 heavy (non-hydrogen) atoms. The summed E-state index contributed by atoms with van der Waals surface area (Å²) in [6.45, 7) is 0. The van der Waals surface area contributed by atoms with Crippen LogP contribution in [0.25, 0.3) is 0 Å². The normalized spacial score (nSPS) is 27.5. The average Bonchev–Trinajstić information content (AvgIpc) is 2.04. The van der Waals surface area contributed by atoms with Crippen molar-refractivity contribution in [3.63, 3.8) is 0 Å². The van der Waals surface area contributed by atoms with Crippen LogP contribution < -0.4 is 5.73 Å². The molecule has 0 radical (unpaired) electrons. The highest BCUT2D eigenvalue weighted by molar-refractivity contribution is 5.71. The summed E-state index contributed by atoms with van der Waals surface area (Å²) in [5.74, 6) is 1.08. The molecule has 0 aromatic heterocycles. The highest BCUT2D eigenvalue weighted by Gasteiger charge is 2.14. The molecule has 0 amide bonds. The second-order valence-electron chi connectivity index (χ2n) is 2.78. The second kappa shape index (κ2) is 2.38. The Hall–Kier alpha value is -1.31. The van der Waals surface area contributed by atoms with Gasteiger partial charge in [0.1, 0.15) is 5.82 Å². The molecule has 2 N–H and O–H groups in total. The van der Waals surface area contributed by atoms with Gasteiger partial charge in [-0.05, 0) is 18.1 Å². The number of nitrogens with zero attached hydrogens (tertiary/aromatic N) is 1. The van der Waals surface area contributed by atoms with Crippen molar-refractivity contribution in [1.29, 1.82) is 0 Å². The van der Waals surface area contributed by atoms with Gasteiger partial charge in [-0.3, -0.25) is 0 Å². The van der Waals surface area contributed by atoms with E-state index < -0.39 is 0 Å². The molecular formula is C9H10N2. The van der Waals surface area contributed by atoms with E-state index in [4.69, 9.17) is 5.73 Å². The summed E-state index contributed by atoms with van der Waals surface area (Å²) in [7, 11) is 0. The first-order chi connectivity index (χ1) is 5.36. The van der Waals surface area contributed by atoms with Gasteiger partial charge in [-0.2, -0.15) is 0 Å². The van der Waals surface area contributed by atoms with E-state index in [1.165, 1.54) is 5.57 Å². The van der Waals surface area contributed by atoms with Crippen molar-refractivity contribution in [2.45, 2.75) is 6.42 Å². The molecule has 0 bridgehead atoms. The van der Waals surface area contributed by atoms with E-state index in [0.29, 0.717) is 11.7 Å². The van der Waals surface area contributed by atoms with Crippen LogP contribution in [0.2, 0.25) is 0 Å². The highest BCUT2D eigenvalue weighted by atomic mass is 14.9. The molecule has 1 atom stereocenters. The summed E-state index contributed by atoms with van der Waals surface area (Å²) in [5, 5.41) is 0. The van der Waals surface area contributed by atoms with E-state index in [1.807, 2.05) is 12.3 Å². The van der Waals surface area contributed by atoms with Gasteiger partial charge in [-0.1, -0.05) is 18.2 Å². The van der Waals surface area contributed by atoms with Crippen LogP contribution >= 0.6 is 0 Å². The molecule has 0 fully saturated rings. The number of hydrogen-bond donors (Lipinski definition) is 1. The van der Waals surface area contributed by atoms with Crippen molar-refractivity contribution >= 4 is 6.21 Å². The van der Waals surface area contributed by atoms with Gasteiger partial charge in [0, 0.05) is 12.1 Å². The maximum Gasteiger partial charge on any atom is 0.123 e. The van der Waals surface area contributed by atoms with E-state index in [1.54, 1.807) is 0 Å². The lowest BCUT2D eigenvalue weighted by Crippen LogP contribution is -2.12. The first kappa shape index (κ1) is 6.40. The Balaban J connectivity index is 2.35. The zero-order chi connectivity index (χ0) is 7.68. The van der Waals surface area contributed by atoms with Crippen molar-refractivity contribution < 1.29 is 0 Å². The monoisotopic (exact) mass is 146 g/mol. The largest absolute Gasteiger partial charge is 0.384 e. The van der Waals surface area contributed by atoms with E-state index >= 15 is 0 Å². The number of nitrogens with two attached hydrogens (primary N) is 1. The molecule has 0 aromatic carbocycles. The quantitative estimate of drug-likeness (QED) is 0.550. The van der Waals surface area contributed by atoms with Gasteiger partial charge in [0.2, 0.25) is 0 Å². The molecule has 2 nitrogen and oxygen atoms in total. The zero-order valence-corrected chi connectivity index (χ0v) is 6.20. The lowest BCUT2D eigenvalue weighted by Gasteiger charge is -2.17. The van der Waals surface area contributed by atoms with Gasteiger partial charge in [-0.25, -0.2) is 4.99 Å². The van der Waals surface area contributed by atoms with Crippen LogP contribution in [0.4, 0.5) is 0 Å². The van der Waals surface area contributed by atoms with Crippen molar-refractivity contribution in [3.8, 4) is 0 Å². The third-order valence-electron chi connectivity index (χ3n) is 1.96. The predicted octanol–water partition coefficient (Wildman–Crippen LogP) is 1.37. The van der Waals surface area contributed by atoms with E-state index in [2.05, 4.69) is 23.2 Å². The minimum Gasteiger partial charge on any atom is -0.384 e. The van der Waals surface area contributed by atoms with E-state index in [-0.39, 0.29) is 0 Å². The highest BCUT2D eigenvalue weighted by Crippen LogP contribution is 2.23. The SMILES string of the molecule is NC1=CC2=CC=CCC2C=N1. The maximum absolute atomic E-state index is 5.54. The van der Waals surface area contributed by atoms with E-state index in [9.17, 15) is 0 Å². The van der Waals surface area contributed by atoms with Gasteiger partial charge >= 0.3 is 0 Å². The summed E-state index contributed by atoms with van der Waals surface area (Å²) in [6, 6.07) is 0. The number of rotatable bonds is 0. The molecule has 2 rings (SSSR count). The number of fused-ring (bicyclic) bond motifs is 1. The zero-order valence-electron chi connectivity index (χ0n) is 6.20. The standard InChI is InChI=1S/C9H10N2/c10-9-5-7-3-1-2-4-8(7)6-11-9/h1-3,5-6,8H,4,10H2. The fraction of sp³-hybridized carbons (Fsp3) is 0.222. The molecule has 0 aromatic rings. The van der Waals surface area contributed by atoms with Gasteiger partial charge in [0.15, 0.2) is 0 Å². The molecule has 0 saturated carbocycles. The van der Waals surface area contributed by atoms with Crippen molar-refractivity contribution in [1.82, 2.24) is 0 Å². The summed E-state index contributed by atoms with van der Waals surface area (Å²) in [4.78, 5) is 4.05. The summed E-state index contributed by atoms with van der Waals surface area (Å²) in [6.07, 6.45) is 11.2. The summed E-state index contributed by atoms with van der Waals surface area (Å²) < 4.78 is 0. The average molecular weight is 146 g/mol. The Labute approximate surface area is 65.8 Å². The van der Waals surface area contributed by atoms with Gasteiger partial charge in [-0.15, -0.1) is 0 Å². The predicted molar refractivity (Wildman–Crippen MR) is 46.1 cm³/mol. The number of hydrogen-bond acceptors (Lipinski definition) is 2. The molecule has 1 aliphatic carbocycles. The third kappa shape index (κ3) is 1.11. The second-order valence-corrected chi connectivity index (χ2v) is 2.78. The Morgan fingerprint density at radius 2 is 2.45 bits per heavy atom. The molecule has 0 spiro atoms. The van der Waals surface area contributed by atoms with Crippen molar-refractivity contribution in [3.05, 3.63) is 35.7 Å². The molecule has 1 unspecified atom stereocenters. The molecule has 56 valence electrons. The fourth-order valence-corrected chi connectivity index (χ4v) is 1.35. The maximum atomic E-state index is 5.54. The van der Waals surface area contributed by atoms with Gasteiger partial charge in [0.25, 0.3) is 0 Å². The number of aliphatic imine (C=N–C) groups is 1. The molecule has 2 aliphatic rings. The topological polar surface area (TPSA) is 38.4 Å². The Bertz CT molecular complexity index is 282. The van der Waals surface area contributed by atoms with Crippen LogP contribution in [-0.4, -0.2) is 6.21 Å². The molecule has 1 heterocycles. The first-order valence-electron chi connectivity index (χ1n) is 3.74. The minimum absolute atomic E-state index is 0.465. The fourth-order valence-electron chi connectivity index (χ4n) is 1.35. The molecule has 0 saturated heterocycles. The van der Waals surface area contributed by atoms with E-state index in [0.717, 1.165) is 6.42 Å². The van der Waals surface area contributed by atoms with Crippen LogP contribution in [0.15, 0.2) is 40.7 Å². The van der Waals surface area contributed by atoms with Crippen LogP contribution in [0.1, 0.15) is 6.42 Å². The van der Waals surface area contributed by atoms with Crippen molar-refractivity contribution in [2.24, 2.45) is 16.6 Å². The van der Waals surface area contributed by atoms with Crippen LogP contribution in [0, 0.1) is 5.92 Å². The molecule has 2 heteroatoms. The third-order valence-corrected chi connectivity index (χ3v) is 1.96. The minimum atomic E-state index is 0.465. The molecule has 1 aliphatic heterocycles. The first-order valence-corrected chi connectivity index (χ1v) is 3.74. The van der Waals surface area contributed by atoms with Crippen LogP contribution in [0.3, 0.4) is 0 Å². The Morgan fingerprint density at radius 3 is 3.36 bits per heavy atom.